The maximum Gasteiger partial charge on any atom is 0.244 e. The molecule has 1 aromatic heterocycles. The van der Waals surface area contributed by atoms with E-state index in [0.717, 1.165) is 43.3 Å². The molecule has 2 heterocycles. The van der Waals surface area contributed by atoms with Crippen molar-refractivity contribution in [2.24, 2.45) is 0 Å². The summed E-state index contributed by atoms with van der Waals surface area (Å²) in [6, 6.07) is 1.05. The van der Waals surface area contributed by atoms with Gasteiger partial charge in [0.1, 0.15) is 10.7 Å². The Kier molecular flexibility index (Phi) is 4.92. The highest BCUT2D eigenvalue weighted by Gasteiger charge is 2.35. The molecule has 0 N–H and O–H groups in total. The van der Waals surface area contributed by atoms with Gasteiger partial charge in [-0.3, -0.25) is 4.98 Å². The maximum absolute atomic E-state index is 13.1. The van der Waals surface area contributed by atoms with E-state index in [4.69, 9.17) is 0 Å². The van der Waals surface area contributed by atoms with Crippen LogP contribution in [0.4, 0.5) is 4.39 Å². The highest BCUT2D eigenvalue weighted by atomic mass is 79.9. The summed E-state index contributed by atoms with van der Waals surface area (Å²) in [4.78, 5) is 3.56. The zero-order valence-corrected chi connectivity index (χ0v) is 12.8. The Morgan fingerprint density at radius 3 is 2.95 bits per heavy atom. The third-order valence-electron chi connectivity index (χ3n) is 3.28. The van der Waals surface area contributed by atoms with Crippen molar-refractivity contribution >= 4 is 26.0 Å². The van der Waals surface area contributed by atoms with Crippen LogP contribution in [0.1, 0.15) is 25.7 Å². The number of rotatable bonds is 5. The molecule has 106 valence electrons. The van der Waals surface area contributed by atoms with E-state index < -0.39 is 15.8 Å². The van der Waals surface area contributed by atoms with Crippen molar-refractivity contribution in [1.82, 2.24) is 9.29 Å². The molecule has 0 aromatic carbocycles. The van der Waals surface area contributed by atoms with Gasteiger partial charge in [-0.15, -0.1) is 0 Å². The number of hydrogen-bond donors (Lipinski definition) is 0. The smallest absolute Gasteiger partial charge is 0.244 e. The summed E-state index contributed by atoms with van der Waals surface area (Å²) in [7, 11) is -3.63. The van der Waals surface area contributed by atoms with Gasteiger partial charge in [0.25, 0.3) is 0 Å². The van der Waals surface area contributed by atoms with Crippen LogP contribution in [0.25, 0.3) is 0 Å². The summed E-state index contributed by atoms with van der Waals surface area (Å²) < 4.78 is 39.6. The van der Waals surface area contributed by atoms with Gasteiger partial charge in [-0.1, -0.05) is 15.9 Å². The molecular weight excluding hydrogens is 335 g/mol. The molecule has 1 aliphatic rings. The van der Waals surface area contributed by atoms with Gasteiger partial charge in [-0.25, -0.2) is 12.8 Å². The Labute approximate surface area is 121 Å². The molecule has 0 radical (unpaired) electrons. The number of nitrogens with zero attached hydrogens (tertiary/aromatic N) is 2. The second kappa shape index (κ2) is 6.28. The van der Waals surface area contributed by atoms with E-state index in [0.29, 0.717) is 6.54 Å². The lowest BCUT2D eigenvalue weighted by molar-refractivity contribution is 0.368. The average molecular weight is 351 g/mol. The monoisotopic (exact) mass is 350 g/mol. The Hall–Kier alpha value is -0.530. The van der Waals surface area contributed by atoms with Crippen molar-refractivity contribution in [1.29, 1.82) is 0 Å². The van der Waals surface area contributed by atoms with Gasteiger partial charge in [-0.2, -0.15) is 4.31 Å². The van der Waals surface area contributed by atoms with Gasteiger partial charge < -0.3 is 0 Å². The molecule has 0 spiro atoms. The fourth-order valence-electron chi connectivity index (χ4n) is 2.40. The lowest BCUT2D eigenvalue weighted by Crippen LogP contribution is -2.35. The molecule has 1 aliphatic heterocycles. The lowest BCUT2D eigenvalue weighted by atomic mass is 10.1. The van der Waals surface area contributed by atoms with Crippen molar-refractivity contribution in [3.63, 3.8) is 0 Å². The second-order valence-electron chi connectivity index (χ2n) is 4.58. The van der Waals surface area contributed by atoms with Crippen LogP contribution >= 0.6 is 15.9 Å². The number of pyridine rings is 1. The van der Waals surface area contributed by atoms with E-state index in [-0.39, 0.29) is 10.9 Å². The van der Waals surface area contributed by atoms with Crippen LogP contribution in [-0.2, 0) is 10.0 Å². The van der Waals surface area contributed by atoms with Gasteiger partial charge >= 0.3 is 0 Å². The predicted molar refractivity (Wildman–Crippen MR) is 74.1 cm³/mol. The van der Waals surface area contributed by atoms with E-state index in [1.807, 2.05) is 0 Å². The van der Waals surface area contributed by atoms with Crippen LogP contribution in [0.2, 0.25) is 0 Å². The molecule has 0 bridgehead atoms. The molecule has 1 atom stereocenters. The zero-order valence-electron chi connectivity index (χ0n) is 10.4. The topological polar surface area (TPSA) is 50.3 Å². The third-order valence-corrected chi connectivity index (χ3v) is 5.76. The fraction of sp³-hybridized carbons (Fsp3) is 0.583. The average Bonchev–Trinajstić information content (AvgIpc) is 2.85. The number of sulfonamides is 1. The van der Waals surface area contributed by atoms with Crippen molar-refractivity contribution in [3.8, 4) is 0 Å². The quantitative estimate of drug-likeness (QED) is 0.766. The minimum Gasteiger partial charge on any atom is -0.260 e. The van der Waals surface area contributed by atoms with Crippen LogP contribution in [0.3, 0.4) is 0 Å². The second-order valence-corrected chi connectivity index (χ2v) is 7.27. The van der Waals surface area contributed by atoms with Gasteiger partial charge in [0, 0.05) is 24.1 Å². The number of alkyl halides is 1. The molecular formula is C12H16BrFN2O2S. The van der Waals surface area contributed by atoms with Crippen molar-refractivity contribution in [2.45, 2.75) is 36.6 Å². The largest absolute Gasteiger partial charge is 0.260 e. The van der Waals surface area contributed by atoms with Crippen LogP contribution < -0.4 is 0 Å². The van der Waals surface area contributed by atoms with E-state index in [9.17, 15) is 12.8 Å². The summed E-state index contributed by atoms with van der Waals surface area (Å²) in [6.07, 6.45) is 5.69. The van der Waals surface area contributed by atoms with Crippen molar-refractivity contribution < 1.29 is 12.8 Å². The van der Waals surface area contributed by atoms with Crippen LogP contribution in [0, 0.1) is 5.82 Å². The summed E-state index contributed by atoms with van der Waals surface area (Å²) in [5.74, 6) is -0.628. The minimum atomic E-state index is -3.63. The molecule has 1 saturated heterocycles. The van der Waals surface area contributed by atoms with Crippen molar-refractivity contribution in [2.75, 3.05) is 11.9 Å². The van der Waals surface area contributed by atoms with Crippen molar-refractivity contribution in [3.05, 3.63) is 24.3 Å². The predicted octanol–water partition coefficient (Wildman–Crippen LogP) is 2.55. The van der Waals surface area contributed by atoms with E-state index in [2.05, 4.69) is 20.9 Å². The number of halogens is 2. The van der Waals surface area contributed by atoms with Gasteiger partial charge in [-0.05, 0) is 31.7 Å². The summed E-state index contributed by atoms with van der Waals surface area (Å²) in [6.45, 7) is 0.506. The Bertz CT molecular complexity index is 538. The first-order valence-electron chi connectivity index (χ1n) is 6.24. The number of hydrogen-bond acceptors (Lipinski definition) is 3. The minimum absolute atomic E-state index is 0.0193. The zero-order chi connectivity index (χ0) is 13.9. The molecule has 0 saturated carbocycles. The van der Waals surface area contributed by atoms with Crippen LogP contribution in [-0.4, -0.2) is 35.6 Å². The molecule has 4 nitrogen and oxygen atoms in total. The first kappa shape index (κ1) is 14.9. The van der Waals surface area contributed by atoms with E-state index in [1.165, 1.54) is 10.5 Å². The third kappa shape index (κ3) is 3.32. The lowest BCUT2D eigenvalue weighted by Gasteiger charge is -2.23. The molecule has 1 unspecified atom stereocenters. The van der Waals surface area contributed by atoms with Gasteiger partial charge in [0.2, 0.25) is 10.0 Å². The van der Waals surface area contributed by atoms with E-state index in [1.54, 1.807) is 0 Å². The van der Waals surface area contributed by atoms with Gasteiger partial charge in [0.15, 0.2) is 0 Å². The Morgan fingerprint density at radius 2 is 2.26 bits per heavy atom. The molecule has 19 heavy (non-hydrogen) atoms. The molecule has 7 heteroatoms. The van der Waals surface area contributed by atoms with Gasteiger partial charge in [0.05, 0.1) is 6.20 Å². The Balaban J connectivity index is 2.23. The molecule has 0 aliphatic carbocycles. The number of aromatic nitrogens is 1. The summed E-state index contributed by atoms with van der Waals surface area (Å²) in [5.41, 5.74) is 0. The molecule has 2 rings (SSSR count). The first-order valence-corrected chi connectivity index (χ1v) is 8.80. The highest BCUT2D eigenvalue weighted by molar-refractivity contribution is 9.09. The SMILES string of the molecule is O=S(=O)(c1cncc(F)c1)N1CCCC1CCCBr. The fourth-order valence-corrected chi connectivity index (χ4v) is 4.42. The van der Waals surface area contributed by atoms with Crippen LogP contribution in [0.5, 0.6) is 0 Å². The maximum atomic E-state index is 13.1. The highest BCUT2D eigenvalue weighted by Crippen LogP contribution is 2.28. The standard InChI is InChI=1S/C12H16BrFN2O2S/c13-5-1-3-11-4-2-6-16(11)19(17,18)12-7-10(14)8-15-9-12/h7-9,11H,1-6H2. The van der Waals surface area contributed by atoms with Crippen LogP contribution in [0.15, 0.2) is 23.4 Å². The normalized spacial score (nSPS) is 20.8. The summed E-state index contributed by atoms with van der Waals surface area (Å²) >= 11 is 3.35. The van der Waals surface area contributed by atoms with E-state index >= 15 is 0 Å². The molecule has 1 fully saturated rings. The molecule has 1 aromatic rings. The first-order chi connectivity index (χ1) is 9.05. The molecule has 0 amide bonds. The summed E-state index contributed by atoms with van der Waals surface area (Å²) in [5, 5.41) is 0.860. The Morgan fingerprint density at radius 1 is 1.47 bits per heavy atom.